The summed E-state index contributed by atoms with van der Waals surface area (Å²) >= 11 is 1.20. The molecule has 2 aromatic rings. The van der Waals surface area contributed by atoms with Gasteiger partial charge in [-0.3, -0.25) is 4.79 Å². The van der Waals surface area contributed by atoms with Crippen LogP contribution in [0.2, 0.25) is 0 Å². The maximum absolute atomic E-state index is 12.9. The van der Waals surface area contributed by atoms with E-state index in [0.717, 1.165) is 5.56 Å². The van der Waals surface area contributed by atoms with Crippen molar-refractivity contribution in [1.29, 1.82) is 0 Å². The average Bonchev–Trinajstić information content (AvgIpc) is 3.28. The SMILES string of the molecule is CCN(C(=O)C(C)Sc1nnc(-c2ccc(C(C)(C)C)cc2)o1)C1CCS(=O)(=O)C1. The molecule has 1 fully saturated rings. The number of sulfone groups is 1. The number of carbonyl (C=O) groups excluding carboxylic acids is 1. The normalized spacial score (nSPS) is 19.6. The molecule has 0 N–H and O–H groups in total. The summed E-state index contributed by atoms with van der Waals surface area (Å²) in [6.45, 7) is 10.6. The quantitative estimate of drug-likeness (QED) is 0.620. The van der Waals surface area contributed by atoms with Gasteiger partial charge in [0.25, 0.3) is 5.22 Å². The fraction of sp³-hybridized carbons (Fsp3) is 0.571. The first-order chi connectivity index (χ1) is 14.0. The molecule has 1 amide bonds. The van der Waals surface area contributed by atoms with Crippen LogP contribution in [0.15, 0.2) is 33.9 Å². The van der Waals surface area contributed by atoms with E-state index in [-0.39, 0.29) is 28.9 Å². The van der Waals surface area contributed by atoms with Crippen molar-refractivity contribution in [2.24, 2.45) is 0 Å². The Morgan fingerprint density at radius 3 is 2.47 bits per heavy atom. The highest BCUT2D eigenvalue weighted by atomic mass is 32.2. The molecule has 2 heterocycles. The summed E-state index contributed by atoms with van der Waals surface area (Å²) in [5.74, 6) is 0.481. The third-order valence-electron chi connectivity index (χ3n) is 5.30. The van der Waals surface area contributed by atoms with Crippen LogP contribution >= 0.6 is 11.8 Å². The maximum atomic E-state index is 12.9. The lowest BCUT2D eigenvalue weighted by Gasteiger charge is -2.28. The zero-order chi connectivity index (χ0) is 22.1. The van der Waals surface area contributed by atoms with Crippen LogP contribution in [0.5, 0.6) is 0 Å². The van der Waals surface area contributed by atoms with Gasteiger partial charge in [0, 0.05) is 18.2 Å². The van der Waals surface area contributed by atoms with Gasteiger partial charge in [-0.25, -0.2) is 8.42 Å². The van der Waals surface area contributed by atoms with Crippen molar-refractivity contribution in [3.05, 3.63) is 29.8 Å². The molecular formula is C21H29N3O4S2. The molecule has 7 nitrogen and oxygen atoms in total. The third kappa shape index (κ3) is 5.24. The van der Waals surface area contributed by atoms with Gasteiger partial charge in [-0.2, -0.15) is 0 Å². The van der Waals surface area contributed by atoms with Crippen LogP contribution in [-0.4, -0.2) is 58.8 Å². The Labute approximate surface area is 182 Å². The zero-order valence-electron chi connectivity index (χ0n) is 18.1. The molecule has 0 saturated carbocycles. The van der Waals surface area contributed by atoms with E-state index in [0.29, 0.717) is 24.1 Å². The van der Waals surface area contributed by atoms with Gasteiger partial charge in [0.1, 0.15) is 0 Å². The van der Waals surface area contributed by atoms with Gasteiger partial charge < -0.3 is 9.32 Å². The van der Waals surface area contributed by atoms with Crippen LogP contribution in [0.4, 0.5) is 0 Å². The van der Waals surface area contributed by atoms with E-state index >= 15 is 0 Å². The van der Waals surface area contributed by atoms with Crippen LogP contribution < -0.4 is 0 Å². The van der Waals surface area contributed by atoms with Crippen LogP contribution in [-0.2, 0) is 20.0 Å². The summed E-state index contributed by atoms with van der Waals surface area (Å²) in [6.07, 6.45) is 0.495. The van der Waals surface area contributed by atoms with E-state index in [9.17, 15) is 13.2 Å². The molecule has 1 aromatic heterocycles. The van der Waals surface area contributed by atoms with Gasteiger partial charge in [0.05, 0.1) is 16.8 Å². The van der Waals surface area contributed by atoms with Gasteiger partial charge in [0.15, 0.2) is 9.84 Å². The zero-order valence-corrected chi connectivity index (χ0v) is 19.7. The molecule has 0 aliphatic carbocycles. The number of carbonyl (C=O) groups is 1. The van der Waals surface area contributed by atoms with E-state index in [4.69, 9.17) is 4.42 Å². The van der Waals surface area contributed by atoms with E-state index in [1.807, 2.05) is 31.2 Å². The van der Waals surface area contributed by atoms with Gasteiger partial charge in [0.2, 0.25) is 11.8 Å². The van der Waals surface area contributed by atoms with Gasteiger partial charge in [-0.05, 0) is 43.4 Å². The molecule has 3 rings (SSSR count). The monoisotopic (exact) mass is 451 g/mol. The number of rotatable bonds is 6. The molecule has 0 radical (unpaired) electrons. The number of aromatic nitrogens is 2. The molecule has 1 aromatic carbocycles. The van der Waals surface area contributed by atoms with Crippen LogP contribution in [0.25, 0.3) is 11.5 Å². The van der Waals surface area contributed by atoms with Crippen molar-refractivity contribution in [2.45, 2.75) is 63.0 Å². The van der Waals surface area contributed by atoms with Crippen molar-refractivity contribution in [3.63, 3.8) is 0 Å². The van der Waals surface area contributed by atoms with E-state index in [1.165, 1.54) is 17.3 Å². The van der Waals surface area contributed by atoms with Crippen LogP contribution in [0.1, 0.15) is 46.6 Å². The van der Waals surface area contributed by atoms with E-state index < -0.39 is 15.1 Å². The number of hydrogen-bond donors (Lipinski definition) is 0. The smallest absolute Gasteiger partial charge is 0.277 e. The topological polar surface area (TPSA) is 93.4 Å². The minimum atomic E-state index is -3.05. The fourth-order valence-corrected chi connectivity index (χ4v) is 6.02. The molecule has 30 heavy (non-hydrogen) atoms. The largest absolute Gasteiger partial charge is 0.411 e. The van der Waals surface area contributed by atoms with Gasteiger partial charge in [-0.15, -0.1) is 10.2 Å². The summed E-state index contributed by atoms with van der Waals surface area (Å²) in [5, 5.41) is 8.05. The Bertz CT molecular complexity index is 994. The summed E-state index contributed by atoms with van der Waals surface area (Å²) in [7, 11) is -3.05. The van der Waals surface area contributed by atoms with Crippen LogP contribution in [0, 0.1) is 0 Å². The third-order valence-corrected chi connectivity index (χ3v) is 7.97. The Kier molecular flexibility index (Phi) is 6.62. The second-order valence-corrected chi connectivity index (χ2v) is 12.2. The molecule has 1 saturated heterocycles. The second-order valence-electron chi connectivity index (χ2n) is 8.64. The first-order valence-electron chi connectivity index (χ1n) is 10.1. The summed E-state index contributed by atoms with van der Waals surface area (Å²) in [4.78, 5) is 14.6. The van der Waals surface area contributed by atoms with Crippen molar-refractivity contribution in [3.8, 4) is 11.5 Å². The Morgan fingerprint density at radius 1 is 1.27 bits per heavy atom. The number of hydrogen-bond acceptors (Lipinski definition) is 7. The first-order valence-corrected chi connectivity index (χ1v) is 12.8. The number of nitrogens with zero attached hydrogens (tertiary/aromatic N) is 3. The van der Waals surface area contributed by atoms with Crippen molar-refractivity contribution in [1.82, 2.24) is 15.1 Å². The first kappa shape index (κ1) is 22.8. The fourth-order valence-electron chi connectivity index (χ4n) is 3.54. The van der Waals surface area contributed by atoms with Crippen molar-refractivity contribution in [2.75, 3.05) is 18.1 Å². The molecule has 0 spiro atoms. The Morgan fingerprint density at radius 2 is 1.93 bits per heavy atom. The summed E-state index contributed by atoms with van der Waals surface area (Å²) < 4.78 is 29.3. The van der Waals surface area contributed by atoms with Gasteiger partial charge >= 0.3 is 0 Å². The predicted molar refractivity (Wildman–Crippen MR) is 118 cm³/mol. The predicted octanol–water partition coefficient (Wildman–Crippen LogP) is 3.55. The van der Waals surface area contributed by atoms with Crippen molar-refractivity contribution >= 4 is 27.5 Å². The maximum Gasteiger partial charge on any atom is 0.277 e. The lowest BCUT2D eigenvalue weighted by Crippen LogP contribution is -2.44. The van der Waals surface area contributed by atoms with E-state index in [1.54, 1.807) is 11.8 Å². The average molecular weight is 452 g/mol. The standard InChI is InChI=1S/C21H29N3O4S2/c1-6-24(17-11-12-30(26,27)13-17)19(25)14(2)29-20-23-22-18(28-20)15-7-9-16(10-8-15)21(3,4)5/h7-10,14,17H,6,11-13H2,1-5H3. The number of thioether (sulfide) groups is 1. The number of amides is 1. The summed E-state index contributed by atoms with van der Waals surface area (Å²) in [5.41, 5.74) is 2.11. The van der Waals surface area contributed by atoms with Gasteiger partial charge in [-0.1, -0.05) is 44.7 Å². The highest BCUT2D eigenvalue weighted by Gasteiger charge is 2.35. The molecule has 0 bridgehead atoms. The molecule has 9 heteroatoms. The molecule has 1 aliphatic heterocycles. The highest BCUT2D eigenvalue weighted by molar-refractivity contribution is 8.00. The van der Waals surface area contributed by atoms with Crippen molar-refractivity contribution < 1.29 is 17.6 Å². The Hall–Kier alpha value is -1.87. The molecule has 2 atom stereocenters. The summed E-state index contributed by atoms with van der Waals surface area (Å²) in [6, 6.07) is 7.75. The lowest BCUT2D eigenvalue weighted by atomic mass is 9.87. The highest BCUT2D eigenvalue weighted by Crippen LogP contribution is 2.30. The molecule has 2 unspecified atom stereocenters. The minimum absolute atomic E-state index is 0.0409. The van der Waals surface area contributed by atoms with Crippen LogP contribution in [0.3, 0.4) is 0 Å². The number of benzene rings is 1. The molecule has 164 valence electrons. The second kappa shape index (κ2) is 8.70. The van der Waals surface area contributed by atoms with E-state index in [2.05, 4.69) is 31.0 Å². The Balaban J connectivity index is 1.67. The molecular weight excluding hydrogens is 422 g/mol. The molecule has 1 aliphatic rings. The minimum Gasteiger partial charge on any atom is -0.411 e. The lowest BCUT2D eigenvalue weighted by molar-refractivity contribution is -0.131.